The van der Waals surface area contributed by atoms with Crippen LogP contribution in [0.15, 0.2) is 27.9 Å². The van der Waals surface area contributed by atoms with E-state index >= 15 is 0 Å². The Morgan fingerprint density at radius 1 is 1.44 bits per heavy atom. The molecule has 0 aliphatic carbocycles. The number of carbonyl (C=O) groups excluding carboxylic acids is 1. The van der Waals surface area contributed by atoms with Gasteiger partial charge in [0.05, 0.1) is 5.69 Å². The van der Waals surface area contributed by atoms with Gasteiger partial charge in [-0.1, -0.05) is 5.16 Å². The minimum atomic E-state index is -3.89. The summed E-state index contributed by atoms with van der Waals surface area (Å²) in [5.74, 6) is -0.421. The highest BCUT2D eigenvalue weighted by molar-refractivity contribution is 8.13. The van der Waals surface area contributed by atoms with Crippen LogP contribution < -0.4 is 0 Å². The maximum Gasteiger partial charge on any atom is 0.276 e. The molecule has 0 aliphatic rings. The van der Waals surface area contributed by atoms with Gasteiger partial charge >= 0.3 is 0 Å². The molecule has 0 amide bonds. The molecule has 0 radical (unpaired) electrons. The second-order valence-corrected chi connectivity index (χ2v) is 6.24. The summed E-state index contributed by atoms with van der Waals surface area (Å²) in [5.41, 5.74) is 0.900. The molecule has 2 aromatic heterocycles. The molecule has 0 unspecified atom stereocenters. The van der Waals surface area contributed by atoms with Crippen LogP contribution in [-0.2, 0) is 16.1 Å². The van der Waals surface area contributed by atoms with E-state index in [-0.39, 0.29) is 16.4 Å². The van der Waals surface area contributed by atoms with Crippen LogP contribution in [0.25, 0.3) is 0 Å². The van der Waals surface area contributed by atoms with Gasteiger partial charge in [0, 0.05) is 23.3 Å². The number of hydrogen-bond acceptors (Lipinski definition) is 5. The van der Waals surface area contributed by atoms with E-state index in [1.807, 2.05) is 0 Å². The number of ketones is 1. The third kappa shape index (κ3) is 2.06. The molecule has 96 valence electrons. The molecule has 18 heavy (non-hydrogen) atoms. The first-order chi connectivity index (χ1) is 8.32. The maximum atomic E-state index is 12.1. The molecule has 6 nitrogen and oxygen atoms in total. The third-order valence-electron chi connectivity index (χ3n) is 2.52. The highest BCUT2D eigenvalue weighted by Crippen LogP contribution is 2.20. The minimum absolute atomic E-state index is 0.145. The van der Waals surface area contributed by atoms with Gasteiger partial charge in [-0.05, 0) is 19.1 Å². The van der Waals surface area contributed by atoms with E-state index in [0.29, 0.717) is 5.56 Å². The van der Waals surface area contributed by atoms with E-state index < -0.39 is 14.8 Å². The molecule has 2 rings (SSSR count). The second kappa shape index (κ2) is 4.25. The van der Waals surface area contributed by atoms with Crippen molar-refractivity contribution in [3.63, 3.8) is 0 Å². The van der Waals surface area contributed by atoms with Gasteiger partial charge in [-0.15, -0.1) is 0 Å². The van der Waals surface area contributed by atoms with E-state index in [0.717, 1.165) is 0 Å². The Hall–Kier alpha value is -1.60. The maximum absolute atomic E-state index is 12.1. The highest BCUT2D eigenvalue weighted by atomic mass is 35.7. The second-order valence-electron chi connectivity index (χ2n) is 3.73. The van der Waals surface area contributed by atoms with Gasteiger partial charge < -0.3 is 9.09 Å². The molecule has 0 aromatic carbocycles. The Morgan fingerprint density at radius 2 is 2.11 bits per heavy atom. The van der Waals surface area contributed by atoms with E-state index in [1.54, 1.807) is 6.92 Å². The van der Waals surface area contributed by atoms with Crippen LogP contribution in [0.1, 0.15) is 21.7 Å². The molecular weight excluding hydrogens is 280 g/mol. The molecular formula is C10H9ClN2O4S. The number of aryl methyl sites for hydroxylation is 1. The van der Waals surface area contributed by atoms with Gasteiger partial charge in [-0.3, -0.25) is 4.79 Å². The van der Waals surface area contributed by atoms with Crippen molar-refractivity contribution in [2.45, 2.75) is 11.9 Å². The predicted molar refractivity (Wildman–Crippen MR) is 63.1 cm³/mol. The molecule has 0 fully saturated rings. The SMILES string of the molecule is Cc1conc1C(=O)c1ccc(S(=O)(=O)Cl)n1C. The number of hydrogen-bond donors (Lipinski definition) is 0. The minimum Gasteiger partial charge on any atom is -0.364 e. The average Bonchev–Trinajstić information content (AvgIpc) is 2.82. The predicted octanol–water partition coefficient (Wildman–Crippen LogP) is 1.48. The Kier molecular flexibility index (Phi) is 3.04. The fourth-order valence-electron chi connectivity index (χ4n) is 1.59. The number of aromatic nitrogens is 2. The van der Waals surface area contributed by atoms with Crippen LogP contribution in [-0.4, -0.2) is 23.9 Å². The van der Waals surface area contributed by atoms with E-state index in [2.05, 4.69) is 9.68 Å². The van der Waals surface area contributed by atoms with E-state index in [4.69, 9.17) is 10.7 Å². The third-order valence-corrected chi connectivity index (χ3v) is 3.90. The lowest BCUT2D eigenvalue weighted by Gasteiger charge is -2.03. The van der Waals surface area contributed by atoms with Gasteiger partial charge in [0.2, 0.25) is 5.78 Å². The lowest BCUT2D eigenvalue weighted by atomic mass is 10.1. The Balaban J connectivity index is 2.52. The van der Waals surface area contributed by atoms with E-state index in [9.17, 15) is 13.2 Å². The lowest BCUT2D eigenvalue weighted by molar-refractivity contribution is 0.102. The summed E-state index contributed by atoms with van der Waals surface area (Å²) >= 11 is 0. The van der Waals surface area contributed by atoms with Crippen molar-refractivity contribution in [1.82, 2.24) is 9.72 Å². The fourth-order valence-corrected chi connectivity index (χ4v) is 2.71. The summed E-state index contributed by atoms with van der Waals surface area (Å²) < 4.78 is 28.4. The van der Waals surface area contributed by atoms with Crippen LogP contribution in [0, 0.1) is 6.92 Å². The molecule has 0 spiro atoms. The average molecular weight is 289 g/mol. The monoisotopic (exact) mass is 288 g/mol. The zero-order valence-electron chi connectivity index (χ0n) is 9.55. The van der Waals surface area contributed by atoms with Crippen molar-refractivity contribution >= 4 is 25.5 Å². The summed E-state index contributed by atoms with van der Waals surface area (Å²) in [6, 6.07) is 2.65. The first-order valence-corrected chi connectivity index (χ1v) is 7.19. The number of rotatable bonds is 3. The summed E-state index contributed by atoms with van der Waals surface area (Å²) in [5, 5.41) is 3.44. The topological polar surface area (TPSA) is 82.2 Å². The number of carbonyl (C=O) groups is 1. The normalized spacial score (nSPS) is 11.7. The molecule has 0 saturated carbocycles. The van der Waals surface area contributed by atoms with Crippen molar-refractivity contribution in [2.24, 2.45) is 7.05 Å². The molecule has 2 heterocycles. The van der Waals surface area contributed by atoms with Crippen LogP contribution >= 0.6 is 10.7 Å². The Bertz CT molecular complexity index is 714. The van der Waals surface area contributed by atoms with Crippen LogP contribution in [0.2, 0.25) is 0 Å². The van der Waals surface area contributed by atoms with Crippen molar-refractivity contribution in [3.05, 3.63) is 35.3 Å². The van der Waals surface area contributed by atoms with Crippen molar-refractivity contribution in [1.29, 1.82) is 0 Å². The number of nitrogens with zero attached hydrogens (tertiary/aromatic N) is 2. The van der Waals surface area contributed by atoms with Gasteiger partial charge in [0.25, 0.3) is 9.05 Å². The van der Waals surface area contributed by atoms with Gasteiger partial charge in [-0.2, -0.15) is 0 Å². The van der Waals surface area contributed by atoms with Crippen molar-refractivity contribution in [3.8, 4) is 0 Å². The first kappa shape index (κ1) is 12.8. The van der Waals surface area contributed by atoms with Gasteiger partial charge in [-0.25, -0.2) is 8.42 Å². The first-order valence-electron chi connectivity index (χ1n) is 4.88. The zero-order chi connectivity index (χ0) is 13.5. The summed E-state index contributed by atoms with van der Waals surface area (Å²) in [6.45, 7) is 1.67. The van der Waals surface area contributed by atoms with Gasteiger partial charge in [0.1, 0.15) is 6.26 Å². The Labute approximate surface area is 108 Å². The van der Waals surface area contributed by atoms with Gasteiger partial charge in [0.15, 0.2) is 10.7 Å². The molecule has 0 saturated heterocycles. The zero-order valence-corrected chi connectivity index (χ0v) is 11.1. The molecule has 0 N–H and O–H groups in total. The lowest BCUT2D eigenvalue weighted by Crippen LogP contribution is -2.11. The summed E-state index contributed by atoms with van der Waals surface area (Å²) in [4.78, 5) is 12.1. The Morgan fingerprint density at radius 3 is 2.56 bits per heavy atom. The summed E-state index contributed by atoms with van der Waals surface area (Å²) in [7, 11) is 2.80. The summed E-state index contributed by atoms with van der Waals surface area (Å²) in [6.07, 6.45) is 1.34. The smallest absolute Gasteiger partial charge is 0.276 e. The fraction of sp³-hybridized carbons (Fsp3) is 0.200. The largest absolute Gasteiger partial charge is 0.364 e. The van der Waals surface area contributed by atoms with Crippen LogP contribution in [0.4, 0.5) is 0 Å². The van der Waals surface area contributed by atoms with Crippen LogP contribution in [0.3, 0.4) is 0 Å². The molecule has 0 bridgehead atoms. The molecule has 0 atom stereocenters. The van der Waals surface area contributed by atoms with Crippen molar-refractivity contribution in [2.75, 3.05) is 0 Å². The molecule has 0 aliphatic heterocycles. The van der Waals surface area contributed by atoms with Crippen LogP contribution in [0.5, 0.6) is 0 Å². The van der Waals surface area contributed by atoms with Crippen molar-refractivity contribution < 1.29 is 17.7 Å². The molecule has 2 aromatic rings. The number of halogens is 1. The highest BCUT2D eigenvalue weighted by Gasteiger charge is 2.23. The quantitative estimate of drug-likeness (QED) is 0.631. The van der Waals surface area contributed by atoms with E-state index in [1.165, 1.54) is 30.0 Å². The standard InChI is InChI=1S/C10H9ClN2O4S/c1-6-5-17-12-9(6)10(14)7-3-4-8(13(7)2)18(11,15)16/h3-5H,1-2H3. The molecule has 8 heteroatoms.